The van der Waals surface area contributed by atoms with E-state index < -0.39 is 0 Å². The maximum absolute atomic E-state index is 8.83. The number of nitrogens with one attached hydrogen (secondary N) is 1. The Morgan fingerprint density at radius 1 is 1.30 bits per heavy atom. The molecule has 5 nitrogen and oxygen atoms in total. The predicted octanol–water partition coefficient (Wildman–Crippen LogP) is 3.02. The van der Waals surface area contributed by atoms with Crippen LogP contribution in [0.1, 0.15) is 18.9 Å². The van der Waals surface area contributed by atoms with Crippen molar-refractivity contribution in [1.29, 1.82) is 5.26 Å². The summed E-state index contributed by atoms with van der Waals surface area (Å²) in [4.78, 5) is 8.53. The van der Waals surface area contributed by atoms with Crippen molar-refractivity contribution >= 4 is 34.4 Å². The van der Waals surface area contributed by atoms with Crippen LogP contribution < -0.4 is 11.1 Å². The molecule has 0 saturated heterocycles. The molecule has 0 aliphatic heterocycles. The molecule has 20 heavy (non-hydrogen) atoms. The van der Waals surface area contributed by atoms with Gasteiger partial charge in [0.1, 0.15) is 5.82 Å². The normalized spacial score (nSPS) is 10.1. The van der Waals surface area contributed by atoms with Crippen LogP contribution in [0.25, 0.3) is 11.3 Å². The highest BCUT2D eigenvalue weighted by atomic mass is 127. The van der Waals surface area contributed by atoms with Crippen molar-refractivity contribution in [3.63, 3.8) is 0 Å². The zero-order valence-corrected chi connectivity index (χ0v) is 13.2. The Kier molecular flexibility index (Phi) is 4.74. The van der Waals surface area contributed by atoms with Crippen molar-refractivity contribution in [2.24, 2.45) is 0 Å². The van der Waals surface area contributed by atoms with E-state index in [1.807, 2.05) is 12.1 Å². The molecule has 1 heterocycles. The Morgan fingerprint density at radius 3 is 2.60 bits per heavy atom. The number of nitrogen functional groups attached to an aromatic ring is 1. The average Bonchev–Trinajstić information content (AvgIpc) is 2.48. The molecule has 0 atom stereocenters. The van der Waals surface area contributed by atoms with Gasteiger partial charge in [-0.25, -0.2) is 4.98 Å². The first-order chi connectivity index (χ1) is 9.65. The van der Waals surface area contributed by atoms with E-state index in [1.165, 1.54) is 0 Å². The Bertz CT molecular complexity index is 646. The molecule has 102 valence electrons. The van der Waals surface area contributed by atoms with Gasteiger partial charge in [0.15, 0.2) is 0 Å². The molecular formula is C14H14IN5. The van der Waals surface area contributed by atoms with E-state index in [4.69, 9.17) is 11.0 Å². The summed E-state index contributed by atoms with van der Waals surface area (Å²) in [5, 5.41) is 12.1. The third-order valence-corrected chi connectivity index (χ3v) is 3.72. The monoisotopic (exact) mass is 379 g/mol. The molecule has 0 aliphatic carbocycles. The van der Waals surface area contributed by atoms with E-state index in [-0.39, 0.29) is 5.95 Å². The van der Waals surface area contributed by atoms with Crippen LogP contribution in [0.2, 0.25) is 0 Å². The summed E-state index contributed by atoms with van der Waals surface area (Å²) < 4.78 is 0.926. The lowest BCUT2D eigenvalue weighted by Crippen LogP contribution is -2.08. The third kappa shape index (κ3) is 3.17. The van der Waals surface area contributed by atoms with Crippen molar-refractivity contribution in [2.75, 3.05) is 17.6 Å². The number of anilines is 2. The van der Waals surface area contributed by atoms with Crippen LogP contribution in [0.3, 0.4) is 0 Å². The summed E-state index contributed by atoms with van der Waals surface area (Å²) in [7, 11) is 0. The topological polar surface area (TPSA) is 87.6 Å². The minimum atomic E-state index is 0.239. The molecular weight excluding hydrogens is 365 g/mol. The summed E-state index contributed by atoms with van der Waals surface area (Å²) >= 11 is 2.21. The van der Waals surface area contributed by atoms with E-state index >= 15 is 0 Å². The Balaban J connectivity index is 2.44. The lowest BCUT2D eigenvalue weighted by Gasteiger charge is -2.11. The smallest absolute Gasteiger partial charge is 0.222 e. The average molecular weight is 379 g/mol. The number of hydrogen-bond donors (Lipinski definition) is 2. The fourth-order valence-electron chi connectivity index (χ4n) is 1.72. The van der Waals surface area contributed by atoms with Crippen LogP contribution in [-0.4, -0.2) is 16.5 Å². The maximum atomic E-state index is 8.83. The second-order valence-electron chi connectivity index (χ2n) is 4.21. The Hall–Kier alpha value is -1.88. The highest BCUT2D eigenvalue weighted by Gasteiger charge is 2.12. The van der Waals surface area contributed by atoms with Crippen molar-refractivity contribution in [2.45, 2.75) is 13.3 Å². The van der Waals surface area contributed by atoms with Crippen LogP contribution in [0.15, 0.2) is 24.3 Å². The molecule has 2 rings (SSSR count). The quantitative estimate of drug-likeness (QED) is 0.798. The molecule has 6 heteroatoms. The highest BCUT2D eigenvalue weighted by Crippen LogP contribution is 2.28. The number of aromatic nitrogens is 2. The minimum Gasteiger partial charge on any atom is -0.369 e. The molecule has 2 aromatic rings. The lowest BCUT2D eigenvalue weighted by molar-refractivity contribution is 0.964. The first-order valence-electron chi connectivity index (χ1n) is 6.23. The van der Waals surface area contributed by atoms with Gasteiger partial charge < -0.3 is 11.1 Å². The molecule has 0 aliphatic rings. The molecule has 0 amide bonds. The van der Waals surface area contributed by atoms with Crippen LogP contribution in [0, 0.1) is 14.9 Å². The van der Waals surface area contributed by atoms with Gasteiger partial charge in [-0.3, -0.25) is 0 Å². The fourth-order valence-corrected chi connectivity index (χ4v) is 2.46. The van der Waals surface area contributed by atoms with Gasteiger partial charge in [-0.1, -0.05) is 19.1 Å². The molecule has 0 unspecified atom stereocenters. The molecule has 0 spiro atoms. The SMILES string of the molecule is CCCNc1nc(N)nc(-c2ccc(C#N)cc2)c1I. The van der Waals surface area contributed by atoms with Gasteiger partial charge in [0.2, 0.25) is 5.95 Å². The standard InChI is InChI=1S/C14H14IN5/c1-2-7-18-13-11(15)12(19-14(17)20-13)10-5-3-9(8-16)4-6-10/h3-6H,2,7H2,1H3,(H3,17,18,19,20). The van der Waals surface area contributed by atoms with Crippen molar-refractivity contribution in [3.8, 4) is 17.3 Å². The summed E-state index contributed by atoms with van der Waals surface area (Å²) in [6.45, 7) is 2.92. The summed E-state index contributed by atoms with van der Waals surface area (Å²) in [5.74, 6) is 0.989. The summed E-state index contributed by atoms with van der Waals surface area (Å²) in [6, 6.07) is 9.37. The van der Waals surface area contributed by atoms with Gasteiger partial charge in [-0.2, -0.15) is 10.2 Å². The third-order valence-electron chi connectivity index (χ3n) is 2.70. The number of benzene rings is 1. The molecule has 0 fully saturated rings. The fraction of sp³-hybridized carbons (Fsp3) is 0.214. The van der Waals surface area contributed by atoms with Gasteiger partial charge in [0.05, 0.1) is 20.9 Å². The molecule has 0 saturated carbocycles. The van der Waals surface area contributed by atoms with Crippen molar-refractivity contribution < 1.29 is 0 Å². The second-order valence-corrected chi connectivity index (χ2v) is 5.29. The molecule has 0 radical (unpaired) electrons. The van der Waals surface area contributed by atoms with Crippen molar-refractivity contribution in [1.82, 2.24) is 9.97 Å². The predicted molar refractivity (Wildman–Crippen MR) is 88.1 cm³/mol. The van der Waals surface area contributed by atoms with E-state index in [0.717, 1.165) is 33.6 Å². The summed E-state index contributed by atoms with van der Waals surface area (Å²) in [5.41, 5.74) is 8.09. The van der Waals surface area contributed by atoms with E-state index in [0.29, 0.717) is 5.56 Å². The lowest BCUT2D eigenvalue weighted by atomic mass is 10.1. The highest BCUT2D eigenvalue weighted by molar-refractivity contribution is 14.1. The molecule has 0 bridgehead atoms. The Morgan fingerprint density at radius 2 is 2.00 bits per heavy atom. The Labute approximate surface area is 131 Å². The number of hydrogen-bond acceptors (Lipinski definition) is 5. The number of rotatable bonds is 4. The van der Waals surface area contributed by atoms with Crippen LogP contribution in [0.4, 0.5) is 11.8 Å². The largest absolute Gasteiger partial charge is 0.369 e. The summed E-state index contributed by atoms with van der Waals surface area (Å²) in [6.07, 6.45) is 1.01. The van der Waals surface area contributed by atoms with Crippen LogP contribution in [-0.2, 0) is 0 Å². The second kappa shape index (κ2) is 6.52. The number of halogens is 1. The van der Waals surface area contributed by atoms with Gasteiger partial charge in [0.25, 0.3) is 0 Å². The van der Waals surface area contributed by atoms with Gasteiger partial charge in [-0.15, -0.1) is 0 Å². The first-order valence-corrected chi connectivity index (χ1v) is 7.31. The molecule has 3 N–H and O–H groups in total. The van der Waals surface area contributed by atoms with E-state index in [9.17, 15) is 0 Å². The maximum Gasteiger partial charge on any atom is 0.222 e. The van der Waals surface area contributed by atoms with Gasteiger partial charge in [-0.05, 0) is 41.1 Å². The number of nitrogens with zero attached hydrogens (tertiary/aromatic N) is 3. The van der Waals surface area contributed by atoms with Crippen LogP contribution in [0.5, 0.6) is 0 Å². The first kappa shape index (κ1) is 14.5. The van der Waals surface area contributed by atoms with E-state index in [2.05, 4.69) is 50.9 Å². The zero-order chi connectivity index (χ0) is 14.5. The molecule has 1 aromatic heterocycles. The van der Waals surface area contributed by atoms with Crippen LogP contribution >= 0.6 is 22.6 Å². The number of nitriles is 1. The van der Waals surface area contributed by atoms with Gasteiger partial charge >= 0.3 is 0 Å². The zero-order valence-electron chi connectivity index (χ0n) is 11.0. The van der Waals surface area contributed by atoms with Gasteiger partial charge in [0, 0.05) is 12.1 Å². The number of nitrogens with two attached hydrogens (primary N) is 1. The van der Waals surface area contributed by atoms with Crippen molar-refractivity contribution in [3.05, 3.63) is 33.4 Å². The minimum absolute atomic E-state index is 0.239. The van der Waals surface area contributed by atoms with E-state index in [1.54, 1.807) is 12.1 Å². The molecule has 1 aromatic carbocycles.